The number of hydrogen-bond acceptors (Lipinski definition) is 4. The number of ether oxygens (including phenoxy) is 1. The molecule has 2 spiro atoms. The van der Waals surface area contributed by atoms with Gasteiger partial charge in [-0.25, -0.2) is 0 Å². The van der Waals surface area contributed by atoms with Crippen LogP contribution in [-0.2, 0) is 18.9 Å². The highest BCUT2D eigenvalue weighted by molar-refractivity contribution is 6.99. The third-order valence-electron chi connectivity index (χ3n) is 9.40. The molecule has 4 nitrogen and oxygen atoms in total. The lowest BCUT2D eigenvalue weighted by Gasteiger charge is -2.49. The lowest BCUT2D eigenvalue weighted by molar-refractivity contribution is -0.382. The van der Waals surface area contributed by atoms with Crippen LogP contribution in [0.25, 0.3) is 0 Å². The van der Waals surface area contributed by atoms with Crippen LogP contribution in [0.4, 0.5) is 0 Å². The molecule has 4 aliphatic rings. The van der Waals surface area contributed by atoms with E-state index in [4.69, 9.17) is 18.9 Å². The van der Waals surface area contributed by atoms with E-state index < -0.39 is 19.9 Å². The van der Waals surface area contributed by atoms with Crippen molar-refractivity contribution in [1.82, 2.24) is 0 Å². The average molecular weight is 507 g/mol. The molecule has 2 aromatic carbocycles. The monoisotopic (exact) mass is 506 g/mol. The lowest BCUT2D eigenvalue weighted by Crippen LogP contribution is -2.68. The summed E-state index contributed by atoms with van der Waals surface area (Å²) in [6.07, 6.45) is 11.1. The first-order valence-electron chi connectivity index (χ1n) is 14.2. The second-order valence-electron chi connectivity index (χ2n) is 12.7. The SMILES string of the molecule is CC(C)(C)[Si](O[C@@H]1CCC[C@]2(C1)OOC1(O2)C2CCCC1CCC2)(c1ccccc1)c1ccccc1. The zero-order chi connectivity index (χ0) is 24.9. The van der Waals surface area contributed by atoms with Gasteiger partial charge in [0.15, 0.2) is 0 Å². The largest absolute Gasteiger partial charge is 0.404 e. The Morgan fingerprint density at radius 3 is 1.83 bits per heavy atom. The summed E-state index contributed by atoms with van der Waals surface area (Å²) < 4.78 is 14.5. The fourth-order valence-electron chi connectivity index (χ4n) is 7.78. The van der Waals surface area contributed by atoms with Crippen LogP contribution in [0.2, 0.25) is 5.04 Å². The van der Waals surface area contributed by atoms with Crippen molar-refractivity contribution in [2.75, 3.05) is 0 Å². The molecule has 194 valence electrons. The molecule has 4 fully saturated rings. The van der Waals surface area contributed by atoms with Crippen molar-refractivity contribution < 1.29 is 18.9 Å². The Morgan fingerprint density at radius 1 is 0.750 bits per heavy atom. The first kappa shape index (κ1) is 24.8. The van der Waals surface area contributed by atoms with E-state index in [1.807, 2.05) is 0 Å². The standard InChI is InChI=1S/C31H42O4Si/c1-29(2,3)36(27-18-6-4-7-19-27,28-20-8-5-9-21-28)32-26-17-12-22-30(23-26)33-31(35-34-30)24-13-10-14-25(31)16-11-15-24/h4-9,18-21,24-26H,10-17,22-23H2,1-3H3/t24?,25?,26-,30-,31?/m1/s1. The maximum atomic E-state index is 7.50. The van der Waals surface area contributed by atoms with Crippen LogP contribution < -0.4 is 10.4 Å². The second-order valence-corrected chi connectivity index (χ2v) is 16.9. The van der Waals surface area contributed by atoms with Crippen molar-refractivity contribution in [3.05, 3.63) is 60.7 Å². The molecule has 0 amide bonds. The number of rotatable bonds is 4. The van der Waals surface area contributed by atoms with E-state index in [1.54, 1.807) is 0 Å². The molecular weight excluding hydrogens is 464 g/mol. The molecule has 3 aliphatic carbocycles. The Kier molecular flexibility index (Phi) is 6.45. The minimum atomic E-state index is -2.63. The third-order valence-corrected chi connectivity index (χ3v) is 14.5. The van der Waals surface area contributed by atoms with E-state index in [0.29, 0.717) is 11.8 Å². The topological polar surface area (TPSA) is 36.9 Å². The van der Waals surface area contributed by atoms with Crippen molar-refractivity contribution in [3.63, 3.8) is 0 Å². The van der Waals surface area contributed by atoms with E-state index in [0.717, 1.165) is 25.7 Å². The first-order chi connectivity index (χ1) is 17.4. The third kappa shape index (κ3) is 4.02. The van der Waals surface area contributed by atoms with Gasteiger partial charge in [0.25, 0.3) is 8.32 Å². The Hall–Kier alpha value is -1.50. The summed E-state index contributed by atoms with van der Waals surface area (Å²) in [4.78, 5) is 12.6. The fraction of sp³-hybridized carbons (Fsp3) is 0.613. The highest BCUT2D eigenvalue weighted by Crippen LogP contribution is 2.57. The predicted octanol–water partition coefficient (Wildman–Crippen LogP) is 6.48. The summed E-state index contributed by atoms with van der Waals surface area (Å²) in [7, 11) is -2.63. The van der Waals surface area contributed by atoms with Gasteiger partial charge >= 0.3 is 0 Å². The highest BCUT2D eigenvalue weighted by Gasteiger charge is 2.63. The smallest absolute Gasteiger partial charge is 0.261 e. The van der Waals surface area contributed by atoms with E-state index in [9.17, 15) is 0 Å². The van der Waals surface area contributed by atoms with E-state index in [1.165, 1.54) is 48.9 Å². The van der Waals surface area contributed by atoms with Gasteiger partial charge in [0.2, 0.25) is 11.6 Å². The number of hydrogen-bond donors (Lipinski definition) is 0. The molecule has 1 saturated heterocycles. The van der Waals surface area contributed by atoms with Gasteiger partial charge in [-0.1, -0.05) is 94.3 Å². The molecule has 2 atom stereocenters. The van der Waals surface area contributed by atoms with Gasteiger partial charge in [0.1, 0.15) is 0 Å². The van der Waals surface area contributed by atoms with E-state index >= 15 is 0 Å². The van der Waals surface area contributed by atoms with Gasteiger partial charge in [-0.2, -0.15) is 9.78 Å². The molecule has 1 aliphatic heterocycles. The Balaban J connectivity index is 1.32. The lowest BCUT2D eigenvalue weighted by atomic mass is 9.67. The summed E-state index contributed by atoms with van der Waals surface area (Å²) >= 11 is 0. The van der Waals surface area contributed by atoms with E-state index in [-0.39, 0.29) is 11.1 Å². The van der Waals surface area contributed by atoms with Crippen molar-refractivity contribution >= 4 is 18.7 Å². The van der Waals surface area contributed by atoms with Crippen LogP contribution in [0.1, 0.15) is 85.0 Å². The van der Waals surface area contributed by atoms with Gasteiger partial charge in [0.05, 0.1) is 6.10 Å². The Morgan fingerprint density at radius 2 is 1.31 bits per heavy atom. The van der Waals surface area contributed by atoms with Crippen molar-refractivity contribution in [2.45, 2.75) is 108 Å². The zero-order valence-electron chi connectivity index (χ0n) is 22.2. The Labute approximate surface area is 217 Å². The molecule has 0 radical (unpaired) electrons. The maximum Gasteiger partial charge on any atom is 0.261 e. The average Bonchev–Trinajstić information content (AvgIpc) is 3.20. The first-order valence-corrected chi connectivity index (χ1v) is 16.1. The molecule has 6 rings (SSSR count). The van der Waals surface area contributed by atoms with Gasteiger partial charge in [-0.05, 0) is 53.9 Å². The number of benzene rings is 2. The van der Waals surface area contributed by atoms with Gasteiger partial charge in [0, 0.05) is 24.7 Å². The maximum absolute atomic E-state index is 7.50. The molecule has 0 unspecified atom stereocenters. The molecule has 2 bridgehead atoms. The molecule has 3 saturated carbocycles. The normalized spacial score (nSPS) is 34.8. The van der Waals surface area contributed by atoms with Crippen LogP contribution in [0.3, 0.4) is 0 Å². The summed E-state index contributed by atoms with van der Waals surface area (Å²) in [6.45, 7) is 7.05. The van der Waals surface area contributed by atoms with Gasteiger partial charge in [-0.15, -0.1) is 0 Å². The minimum Gasteiger partial charge on any atom is -0.404 e. The predicted molar refractivity (Wildman–Crippen MR) is 144 cm³/mol. The van der Waals surface area contributed by atoms with Crippen LogP contribution in [-0.4, -0.2) is 26.0 Å². The van der Waals surface area contributed by atoms with Crippen LogP contribution in [0.15, 0.2) is 60.7 Å². The molecule has 2 aromatic rings. The second kappa shape index (κ2) is 9.35. The van der Waals surface area contributed by atoms with Crippen LogP contribution in [0, 0.1) is 11.8 Å². The van der Waals surface area contributed by atoms with Gasteiger partial charge < -0.3 is 9.16 Å². The van der Waals surface area contributed by atoms with Crippen LogP contribution >= 0.6 is 0 Å². The molecule has 0 aromatic heterocycles. The van der Waals surface area contributed by atoms with Crippen molar-refractivity contribution in [2.24, 2.45) is 11.8 Å². The summed E-state index contributed by atoms with van der Waals surface area (Å²) in [5, 5.41) is 2.60. The van der Waals surface area contributed by atoms with Crippen molar-refractivity contribution in [1.29, 1.82) is 0 Å². The Bertz CT molecular complexity index is 974. The summed E-state index contributed by atoms with van der Waals surface area (Å²) in [5.74, 6) is -0.292. The zero-order valence-corrected chi connectivity index (χ0v) is 23.2. The molecular formula is C31H42O4Si. The summed E-state index contributed by atoms with van der Waals surface area (Å²) in [5.41, 5.74) is 0. The molecule has 0 N–H and O–H groups in total. The van der Waals surface area contributed by atoms with Crippen molar-refractivity contribution in [3.8, 4) is 0 Å². The molecule has 36 heavy (non-hydrogen) atoms. The van der Waals surface area contributed by atoms with E-state index in [2.05, 4.69) is 81.4 Å². The molecule has 5 heteroatoms. The minimum absolute atomic E-state index is 0.0458. The summed E-state index contributed by atoms with van der Waals surface area (Å²) in [6, 6.07) is 21.9. The van der Waals surface area contributed by atoms with Crippen LogP contribution in [0.5, 0.6) is 0 Å². The quantitative estimate of drug-likeness (QED) is 0.351. The highest BCUT2D eigenvalue weighted by atomic mass is 28.4. The molecule has 1 heterocycles. The fourth-order valence-corrected chi connectivity index (χ4v) is 12.5. The van der Waals surface area contributed by atoms with Gasteiger partial charge in [-0.3, -0.25) is 0 Å².